The van der Waals surface area contributed by atoms with Gasteiger partial charge in [-0.15, -0.1) is 11.3 Å². The number of thiophene rings is 1. The zero-order valence-corrected chi connectivity index (χ0v) is 13.9. The van der Waals surface area contributed by atoms with Crippen LogP contribution in [0.4, 0.5) is 0 Å². The van der Waals surface area contributed by atoms with Gasteiger partial charge >= 0.3 is 0 Å². The molecule has 6 nitrogen and oxygen atoms in total. The molecule has 1 amide bonds. The second-order valence-corrected chi connectivity index (χ2v) is 6.74. The number of hydrogen-bond acceptors (Lipinski definition) is 5. The van der Waals surface area contributed by atoms with E-state index in [9.17, 15) is 9.59 Å². The monoisotopic (exact) mass is 332 g/mol. The quantitative estimate of drug-likeness (QED) is 0.924. The molecule has 7 heteroatoms. The highest BCUT2D eigenvalue weighted by Gasteiger charge is 2.22. The Balaban J connectivity index is 1.65. The van der Waals surface area contributed by atoms with Crippen molar-refractivity contribution in [3.63, 3.8) is 0 Å². The molecule has 2 aromatic heterocycles. The van der Waals surface area contributed by atoms with Gasteiger partial charge in [-0.25, -0.2) is 4.98 Å². The van der Waals surface area contributed by atoms with Gasteiger partial charge in [0.2, 0.25) is 0 Å². The van der Waals surface area contributed by atoms with Crippen molar-refractivity contribution < 1.29 is 4.79 Å². The maximum Gasteiger partial charge on any atom is 0.263 e. The Hall–Kier alpha value is -1.99. The van der Waals surface area contributed by atoms with Gasteiger partial charge in [0.05, 0.1) is 0 Å². The van der Waals surface area contributed by atoms with E-state index in [1.54, 1.807) is 23.2 Å². The first-order valence-corrected chi connectivity index (χ1v) is 8.61. The van der Waals surface area contributed by atoms with Crippen LogP contribution >= 0.6 is 11.3 Å². The molecule has 0 saturated carbocycles. The van der Waals surface area contributed by atoms with Crippen molar-refractivity contribution in [3.05, 3.63) is 50.3 Å². The highest BCUT2D eigenvalue weighted by Crippen LogP contribution is 2.14. The van der Waals surface area contributed by atoms with Crippen LogP contribution in [0.25, 0.3) is 0 Å². The Labute approximate surface area is 138 Å². The van der Waals surface area contributed by atoms with Crippen LogP contribution in [0.15, 0.2) is 28.5 Å². The Morgan fingerprint density at radius 2 is 2.22 bits per heavy atom. The minimum atomic E-state index is -0.359. The van der Waals surface area contributed by atoms with Gasteiger partial charge in [0.15, 0.2) is 0 Å². The normalized spacial score (nSPS) is 16.3. The van der Waals surface area contributed by atoms with Crippen LogP contribution in [0, 0.1) is 6.92 Å². The molecular weight excluding hydrogens is 312 g/mol. The number of hydrogen-bond donors (Lipinski definition) is 1. The van der Waals surface area contributed by atoms with Gasteiger partial charge in [-0.3, -0.25) is 14.5 Å². The highest BCUT2D eigenvalue weighted by molar-refractivity contribution is 7.09. The summed E-state index contributed by atoms with van der Waals surface area (Å²) in [5, 5.41) is 2.08. The van der Waals surface area contributed by atoms with Crippen molar-refractivity contribution in [2.24, 2.45) is 0 Å². The van der Waals surface area contributed by atoms with Crippen LogP contribution in [0.1, 0.15) is 27.5 Å². The first kappa shape index (κ1) is 15.9. The summed E-state index contributed by atoms with van der Waals surface area (Å²) in [4.78, 5) is 36.6. The first-order valence-electron chi connectivity index (χ1n) is 7.73. The number of nitrogens with one attached hydrogen (secondary N) is 1. The van der Waals surface area contributed by atoms with E-state index >= 15 is 0 Å². The van der Waals surface area contributed by atoms with E-state index in [0.717, 1.165) is 26.1 Å². The van der Waals surface area contributed by atoms with Crippen molar-refractivity contribution in [1.82, 2.24) is 19.8 Å². The standard InChI is InChI=1S/C16H20N4O2S/c1-12-17-10-14(15(21)18-12)16(22)20-6-3-5-19(7-8-20)11-13-4-2-9-23-13/h2,4,9-10H,3,5-8,11H2,1H3,(H,17,18,21). The van der Waals surface area contributed by atoms with E-state index in [2.05, 4.69) is 32.4 Å². The summed E-state index contributed by atoms with van der Waals surface area (Å²) in [6, 6.07) is 4.19. The number of rotatable bonds is 3. The first-order chi connectivity index (χ1) is 11.1. The van der Waals surface area contributed by atoms with Gasteiger partial charge in [0, 0.05) is 43.8 Å². The molecule has 3 rings (SSSR count). The summed E-state index contributed by atoms with van der Waals surface area (Å²) in [7, 11) is 0. The summed E-state index contributed by atoms with van der Waals surface area (Å²) in [5.41, 5.74) is -0.232. The smallest absolute Gasteiger partial charge is 0.263 e. The summed E-state index contributed by atoms with van der Waals surface area (Å²) in [6.07, 6.45) is 2.29. The van der Waals surface area contributed by atoms with Crippen LogP contribution in [-0.2, 0) is 6.54 Å². The van der Waals surface area contributed by atoms with Crippen molar-refractivity contribution in [2.75, 3.05) is 26.2 Å². The number of aryl methyl sites for hydroxylation is 1. The molecular formula is C16H20N4O2S. The molecule has 3 heterocycles. The minimum absolute atomic E-state index is 0.127. The molecule has 0 aromatic carbocycles. The Kier molecular flexibility index (Phi) is 4.88. The average molecular weight is 332 g/mol. The number of H-pyrrole nitrogens is 1. The van der Waals surface area contributed by atoms with Crippen LogP contribution < -0.4 is 5.56 Å². The zero-order valence-electron chi connectivity index (χ0n) is 13.1. The molecule has 122 valence electrons. The lowest BCUT2D eigenvalue weighted by molar-refractivity contribution is 0.0759. The minimum Gasteiger partial charge on any atom is -0.337 e. The maximum absolute atomic E-state index is 12.6. The van der Waals surface area contributed by atoms with E-state index in [1.165, 1.54) is 11.1 Å². The predicted molar refractivity (Wildman–Crippen MR) is 89.7 cm³/mol. The van der Waals surface area contributed by atoms with E-state index < -0.39 is 0 Å². The lowest BCUT2D eigenvalue weighted by Crippen LogP contribution is -2.38. The van der Waals surface area contributed by atoms with E-state index in [0.29, 0.717) is 18.9 Å². The summed E-state index contributed by atoms with van der Waals surface area (Å²) in [5.74, 6) is 0.293. The Morgan fingerprint density at radius 3 is 2.96 bits per heavy atom. The van der Waals surface area contributed by atoms with Crippen molar-refractivity contribution in [3.8, 4) is 0 Å². The highest BCUT2D eigenvalue weighted by atomic mass is 32.1. The zero-order chi connectivity index (χ0) is 16.2. The third-order valence-corrected chi connectivity index (χ3v) is 4.85. The van der Waals surface area contributed by atoms with E-state index in [1.807, 2.05) is 0 Å². The second kappa shape index (κ2) is 7.06. The van der Waals surface area contributed by atoms with Crippen molar-refractivity contribution in [2.45, 2.75) is 19.9 Å². The molecule has 0 bridgehead atoms. The number of carbonyl (C=O) groups excluding carboxylic acids is 1. The number of nitrogens with zero attached hydrogens (tertiary/aromatic N) is 3. The van der Waals surface area contributed by atoms with Crippen molar-refractivity contribution >= 4 is 17.2 Å². The lowest BCUT2D eigenvalue weighted by Gasteiger charge is -2.21. The number of carbonyl (C=O) groups is 1. The molecule has 2 aromatic rings. The number of aromatic amines is 1. The summed E-state index contributed by atoms with van der Waals surface area (Å²) >= 11 is 1.75. The molecule has 23 heavy (non-hydrogen) atoms. The fourth-order valence-electron chi connectivity index (χ4n) is 2.76. The number of aromatic nitrogens is 2. The van der Waals surface area contributed by atoms with Gasteiger partial charge in [0.1, 0.15) is 11.4 Å². The summed E-state index contributed by atoms with van der Waals surface area (Å²) in [6.45, 7) is 5.71. The third kappa shape index (κ3) is 3.86. The summed E-state index contributed by atoms with van der Waals surface area (Å²) < 4.78 is 0. The SMILES string of the molecule is Cc1ncc(C(=O)N2CCCN(Cc3cccs3)CC2)c(=O)[nH]1. The van der Waals surface area contributed by atoms with Crippen LogP contribution in [0.2, 0.25) is 0 Å². The van der Waals surface area contributed by atoms with Crippen LogP contribution in [0.5, 0.6) is 0 Å². The fraction of sp³-hybridized carbons (Fsp3) is 0.438. The van der Waals surface area contributed by atoms with Gasteiger partial charge in [-0.1, -0.05) is 6.07 Å². The molecule has 1 aliphatic heterocycles. The Morgan fingerprint density at radius 1 is 1.35 bits per heavy atom. The van der Waals surface area contributed by atoms with E-state index in [-0.39, 0.29) is 17.0 Å². The molecule has 0 radical (unpaired) electrons. The molecule has 0 aliphatic carbocycles. The molecule has 0 spiro atoms. The molecule has 1 saturated heterocycles. The third-order valence-electron chi connectivity index (χ3n) is 3.99. The lowest BCUT2D eigenvalue weighted by atomic mass is 10.2. The fourth-order valence-corrected chi connectivity index (χ4v) is 3.51. The molecule has 1 N–H and O–H groups in total. The Bertz CT molecular complexity index is 726. The molecule has 1 aliphatic rings. The van der Waals surface area contributed by atoms with Crippen molar-refractivity contribution in [1.29, 1.82) is 0 Å². The van der Waals surface area contributed by atoms with Crippen LogP contribution in [0.3, 0.4) is 0 Å². The van der Waals surface area contributed by atoms with Crippen LogP contribution in [-0.4, -0.2) is 51.9 Å². The second-order valence-electron chi connectivity index (χ2n) is 5.71. The molecule has 0 unspecified atom stereocenters. The molecule has 0 atom stereocenters. The van der Waals surface area contributed by atoms with Gasteiger partial charge in [-0.2, -0.15) is 0 Å². The van der Waals surface area contributed by atoms with E-state index in [4.69, 9.17) is 0 Å². The number of amides is 1. The average Bonchev–Trinajstić information content (AvgIpc) is 2.91. The molecule has 1 fully saturated rings. The largest absolute Gasteiger partial charge is 0.337 e. The predicted octanol–water partition coefficient (Wildman–Crippen LogP) is 1.49. The topological polar surface area (TPSA) is 69.3 Å². The van der Waals surface area contributed by atoms with Gasteiger partial charge < -0.3 is 9.88 Å². The van der Waals surface area contributed by atoms with Gasteiger partial charge in [-0.05, 0) is 24.8 Å². The maximum atomic E-state index is 12.6. The van der Waals surface area contributed by atoms with Gasteiger partial charge in [0.25, 0.3) is 11.5 Å².